The van der Waals surface area contributed by atoms with Crippen LogP contribution in [0.15, 0.2) is 24.3 Å². The molecule has 3 heterocycles. The molecule has 0 bridgehead atoms. The van der Waals surface area contributed by atoms with E-state index in [1.165, 1.54) is 11.1 Å². The molecule has 34 heavy (non-hydrogen) atoms. The number of esters is 2. The number of hydrogen-bond donors (Lipinski definition) is 1. The van der Waals surface area contributed by atoms with E-state index in [2.05, 4.69) is 29.7 Å². The summed E-state index contributed by atoms with van der Waals surface area (Å²) in [5, 5.41) is 10.9. The minimum atomic E-state index is -0.592. The summed E-state index contributed by atoms with van der Waals surface area (Å²) in [7, 11) is 0. The van der Waals surface area contributed by atoms with Gasteiger partial charge in [-0.05, 0) is 54.2 Å². The second-order valence-electron chi connectivity index (χ2n) is 9.78. The van der Waals surface area contributed by atoms with Gasteiger partial charge in [0.25, 0.3) is 0 Å². The van der Waals surface area contributed by atoms with Crippen molar-refractivity contribution in [2.24, 2.45) is 0 Å². The standard InChI is InChI=1S/C27H32N2O5/c1-16(19-4-6-21-23(17(19)2)14-33-26(21)31)12-28-8-10-29(11-9-28)13-25(30)20-5-7-22-24(18(20)3)15-34-27(22)32/h4-7,16,25,30H,8-15H2,1-3H3/t16?,25-/m1/s1. The third kappa shape index (κ3) is 4.13. The topological polar surface area (TPSA) is 79.3 Å². The van der Waals surface area contributed by atoms with Crippen molar-refractivity contribution in [3.63, 3.8) is 0 Å². The van der Waals surface area contributed by atoms with Crippen LogP contribution in [0.5, 0.6) is 0 Å². The van der Waals surface area contributed by atoms with Crippen LogP contribution in [0.2, 0.25) is 0 Å². The van der Waals surface area contributed by atoms with Crippen molar-refractivity contribution in [3.8, 4) is 0 Å². The van der Waals surface area contributed by atoms with E-state index in [1.54, 1.807) is 6.07 Å². The molecule has 1 saturated heterocycles. The van der Waals surface area contributed by atoms with Crippen molar-refractivity contribution >= 4 is 11.9 Å². The van der Waals surface area contributed by atoms with Gasteiger partial charge in [0.1, 0.15) is 13.2 Å². The zero-order chi connectivity index (χ0) is 24.0. The average molecular weight is 465 g/mol. The summed E-state index contributed by atoms with van der Waals surface area (Å²) in [5.41, 5.74) is 7.55. The fourth-order valence-electron chi connectivity index (χ4n) is 5.61. The maximum Gasteiger partial charge on any atom is 0.338 e. The first kappa shape index (κ1) is 23.0. The van der Waals surface area contributed by atoms with Crippen molar-refractivity contribution in [2.45, 2.75) is 46.0 Å². The van der Waals surface area contributed by atoms with Gasteiger partial charge in [0.2, 0.25) is 0 Å². The van der Waals surface area contributed by atoms with Gasteiger partial charge in [-0.1, -0.05) is 19.1 Å². The van der Waals surface area contributed by atoms with E-state index in [1.807, 2.05) is 19.1 Å². The van der Waals surface area contributed by atoms with E-state index in [4.69, 9.17) is 9.47 Å². The van der Waals surface area contributed by atoms with Gasteiger partial charge in [0.15, 0.2) is 0 Å². The van der Waals surface area contributed by atoms with Crippen LogP contribution in [0.4, 0.5) is 0 Å². The number of ether oxygens (including phenoxy) is 2. The first-order valence-corrected chi connectivity index (χ1v) is 12.0. The highest BCUT2D eigenvalue weighted by atomic mass is 16.5. The molecule has 2 atom stereocenters. The maximum absolute atomic E-state index is 11.8. The number of rotatable bonds is 6. The number of aliphatic hydroxyl groups is 1. The van der Waals surface area contributed by atoms with Gasteiger partial charge >= 0.3 is 11.9 Å². The molecule has 5 rings (SSSR count). The Bertz CT molecular complexity index is 1050. The molecule has 0 spiro atoms. The fraction of sp³-hybridized carbons (Fsp3) is 0.481. The predicted molar refractivity (Wildman–Crippen MR) is 127 cm³/mol. The molecule has 0 aliphatic carbocycles. The Hall–Kier alpha value is -2.74. The molecule has 0 saturated carbocycles. The van der Waals surface area contributed by atoms with Crippen LogP contribution in [0.25, 0.3) is 0 Å². The molecule has 3 aliphatic heterocycles. The SMILES string of the molecule is Cc1c(C(C)CN2CCN(C[C@@H](O)c3ccc4c(c3C)COC4=O)CC2)ccc2c1COC2=O. The number of hydrogen-bond acceptors (Lipinski definition) is 7. The Kier molecular flexibility index (Phi) is 6.18. The van der Waals surface area contributed by atoms with Gasteiger partial charge in [-0.15, -0.1) is 0 Å². The Morgan fingerprint density at radius 3 is 1.82 bits per heavy atom. The quantitative estimate of drug-likeness (QED) is 0.658. The Balaban J connectivity index is 1.16. The van der Waals surface area contributed by atoms with E-state index in [0.717, 1.165) is 55.0 Å². The number of carbonyl (C=O) groups excluding carboxylic acids is 2. The second kappa shape index (κ2) is 9.13. The summed E-state index contributed by atoms with van der Waals surface area (Å²) in [5.74, 6) is -0.133. The Morgan fingerprint density at radius 2 is 1.26 bits per heavy atom. The number of piperazine rings is 1. The van der Waals surface area contributed by atoms with Crippen LogP contribution in [0, 0.1) is 13.8 Å². The van der Waals surface area contributed by atoms with Crippen molar-refractivity contribution < 1.29 is 24.2 Å². The average Bonchev–Trinajstić information content (AvgIpc) is 3.39. The molecule has 2 aromatic rings. The zero-order valence-corrected chi connectivity index (χ0v) is 20.1. The zero-order valence-electron chi connectivity index (χ0n) is 20.1. The Morgan fingerprint density at radius 1 is 0.794 bits per heavy atom. The molecule has 180 valence electrons. The molecule has 2 aromatic carbocycles. The predicted octanol–water partition coefficient (Wildman–Crippen LogP) is 3.10. The monoisotopic (exact) mass is 464 g/mol. The lowest BCUT2D eigenvalue weighted by atomic mass is 9.90. The molecule has 0 aromatic heterocycles. The van der Waals surface area contributed by atoms with E-state index in [-0.39, 0.29) is 11.9 Å². The third-order valence-corrected chi connectivity index (χ3v) is 7.73. The molecule has 7 heteroatoms. The number of β-amino-alcohol motifs (C(OH)–C–C–N with tert-alkyl or cyclic N) is 1. The number of carbonyl (C=O) groups is 2. The third-order valence-electron chi connectivity index (χ3n) is 7.73. The molecule has 3 aliphatic rings. The van der Waals surface area contributed by atoms with Gasteiger partial charge in [-0.25, -0.2) is 9.59 Å². The van der Waals surface area contributed by atoms with E-state index in [0.29, 0.717) is 36.8 Å². The minimum absolute atomic E-state index is 0.215. The number of benzene rings is 2. The van der Waals surface area contributed by atoms with E-state index in [9.17, 15) is 14.7 Å². The number of cyclic esters (lactones) is 2. The van der Waals surface area contributed by atoms with Gasteiger partial charge in [-0.2, -0.15) is 0 Å². The van der Waals surface area contributed by atoms with Gasteiger partial charge in [-0.3, -0.25) is 4.90 Å². The van der Waals surface area contributed by atoms with Gasteiger partial charge < -0.3 is 19.5 Å². The smallest absolute Gasteiger partial charge is 0.338 e. The van der Waals surface area contributed by atoms with Crippen LogP contribution >= 0.6 is 0 Å². The van der Waals surface area contributed by atoms with Crippen molar-refractivity contribution in [1.82, 2.24) is 9.80 Å². The maximum atomic E-state index is 11.8. The molecule has 1 fully saturated rings. The summed E-state index contributed by atoms with van der Waals surface area (Å²) >= 11 is 0. The largest absolute Gasteiger partial charge is 0.457 e. The summed E-state index contributed by atoms with van der Waals surface area (Å²) in [6, 6.07) is 7.63. The second-order valence-corrected chi connectivity index (χ2v) is 9.78. The van der Waals surface area contributed by atoms with Crippen molar-refractivity contribution in [3.05, 3.63) is 68.8 Å². The summed E-state index contributed by atoms with van der Waals surface area (Å²) in [6.07, 6.45) is -0.592. The van der Waals surface area contributed by atoms with Gasteiger partial charge in [0.05, 0.1) is 17.2 Å². The first-order chi connectivity index (χ1) is 16.3. The highest BCUT2D eigenvalue weighted by molar-refractivity contribution is 5.94. The van der Waals surface area contributed by atoms with Crippen LogP contribution in [0.1, 0.15) is 73.0 Å². The summed E-state index contributed by atoms with van der Waals surface area (Å²) in [4.78, 5) is 28.4. The lowest BCUT2D eigenvalue weighted by molar-refractivity contribution is 0.0525. The molecule has 0 radical (unpaired) electrons. The van der Waals surface area contributed by atoms with Crippen molar-refractivity contribution in [2.75, 3.05) is 39.3 Å². The number of fused-ring (bicyclic) bond motifs is 2. The first-order valence-electron chi connectivity index (χ1n) is 12.0. The van der Waals surface area contributed by atoms with Crippen molar-refractivity contribution in [1.29, 1.82) is 0 Å². The van der Waals surface area contributed by atoms with E-state index < -0.39 is 6.10 Å². The lowest BCUT2D eigenvalue weighted by Crippen LogP contribution is -2.48. The fourth-order valence-corrected chi connectivity index (χ4v) is 5.61. The Labute approximate surface area is 200 Å². The van der Waals surface area contributed by atoms with Crippen LogP contribution in [0.3, 0.4) is 0 Å². The molecule has 1 unspecified atom stereocenters. The normalized spacial score (nSPS) is 20.0. The van der Waals surface area contributed by atoms with E-state index >= 15 is 0 Å². The highest BCUT2D eigenvalue weighted by Gasteiger charge is 2.28. The van der Waals surface area contributed by atoms with Gasteiger partial charge in [0, 0.05) is 50.4 Å². The van der Waals surface area contributed by atoms with Crippen LogP contribution < -0.4 is 0 Å². The lowest BCUT2D eigenvalue weighted by Gasteiger charge is -2.37. The molecular formula is C27H32N2O5. The van der Waals surface area contributed by atoms with Crippen LogP contribution in [-0.4, -0.2) is 66.1 Å². The summed E-state index contributed by atoms with van der Waals surface area (Å²) in [6.45, 7) is 12.2. The molecular weight excluding hydrogens is 432 g/mol. The molecule has 7 nitrogen and oxygen atoms in total. The molecule has 0 amide bonds. The number of aliphatic hydroxyl groups excluding tert-OH is 1. The van der Waals surface area contributed by atoms with Crippen LogP contribution in [-0.2, 0) is 22.7 Å². The summed E-state index contributed by atoms with van der Waals surface area (Å²) < 4.78 is 10.3. The number of nitrogens with zero attached hydrogens (tertiary/aromatic N) is 2. The molecule has 1 N–H and O–H groups in total. The minimum Gasteiger partial charge on any atom is -0.457 e. The highest BCUT2D eigenvalue weighted by Crippen LogP contribution is 2.31.